The third-order valence-electron chi connectivity index (χ3n) is 5.97. The second-order valence-electron chi connectivity index (χ2n) is 8.00. The molecule has 2 aliphatic rings. The molecule has 1 amide bonds. The standard InChI is InChI=1S/C25H26N2O5S/c1-31-18-10-7-16(8-11-18)14-27-23(29)19-5-3-4-6-20(19)24(27)33-15-22(28)21-12-9-17(13-26-21)25(30)32-2/h7-13,24H,3-6,14-15H2,1-2H3. The van der Waals surface area contributed by atoms with Crippen LogP contribution in [0.1, 0.15) is 52.1 Å². The maximum absolute atomic E-state index is 13.2. The zero-order valence-electron chi connectivity index (χ0n) is 18.7. The van der Waals surface area contributed by atoms with E-state index in [9.17, 15) is 14.4 Å². The van der Waals surface area contributed by atoms with Gasteiger partial charge in [0.25, 0.3) is 5.91 Å². The Kier molecular flexibility index (Phi) is 7.13. The van der Waals surface area contributed by atoms with E-state index in [4.69, 9.17) is 4.74 Å². The van der Waals surface area contributed by atoms with Gasteiger partial charge in [0.15, 0.2) is 5.78 Å². The zero-order chi connectivity index (χ0) is 23.4. The second kappa shape index (κ2) is 10.2. The SMILES string of the molecule is COC(=O)c1ccc(C(=O)CSC2C3=C(CCCC3)C(=O)N2Cc2ccc(OC)cc2)nc1. The monoisotopic (exact) mass is 466 g/mol. The number of Topliss-reactive ketones (excluding diaryl/α,β-unsaturated/α-hetero) is 1. The summed E-state index contributed by atoms with van der Waals surface area (Å²) in [7, 11) is 2.92. The number of methoxy groups -OCH3 is 2. The number of carbonyl (C=O) groups is 3. The van der Waals surface area contributed by atoms with Crippen LogP contribution in [0.3, 0.4) is 0 Å². The van der Waals surface area contributed by atoms with Gasteiger partial charge in [-0.1, -0.05) is 12.1 Å². The molecule has 172 valence electrons. The third-order valence-corrected chi connectivity index (χ3v) is 7.25. The Morgan fingerprint density at radius 1 is 1.09 bits per heavy atom. The number of amides is 1. The van der Waals surface area contributed by atoms with Gasteiger partial charge in [-0.3, -0.25) is 14.6 Å². The lowest BCUT2D eigenvalue weighted by atomic mass is 9.94. The van der Waals surface area contributed by atoms with Gasteiger partial charge in [-0.05, 0) is 61.1 Å². The number of pyridine rings is 1. The van der Waals surface area contributed by atoms with Gasteiger partial charge in [0.05, 0.1) is 25.5 Å². The molecule has 8 heteroatoms. The van der Waals surface area contributed by atoms with E-state index in [1.54, 1.807) is 7.11 Å². The highest BCUT2D eigenvalue weighted by atomic mass is 32.2. The summed E-state index contributed by atoms with van der Waals surface area (Å²) in [5.74, 6) is 0.403. The molecule has 1 aromatic carbocycles. The minimum atomic E-state index is -0.494. The normalized spacial score (nSPS) is 17.7. The van der Waals surface area contributed by atoms with Gasteiger partial charge >= 0.3 is 5.97 Å². The smallest absolute Gasteiger partial charge is 0.339 e. The van der Waals surface area contributed by atoms with Gasteiger partial charge in [0.1, 0.15) is 16.8 Å². The number of nitrogens with zero attached hydrogens (tertiary/aromatic N) is 2. The molecule has 1 aromatic heterocycles. The van der Waals surface area contributed by atoms with Crippen molar-refractivity contribution in [3.05, 3.63) is 70.6 Å². The van der Waals surface area contributed by atoms with Crippen molar-refractivity contribution in [2.45, 2.75) is 37.6 Å². The second-order valence-corrected chi connectivity index (χ2v) is 9.07. The number of hydrogen-bond acceptors (Lipinski definition) is 7. The molecule has 0 saturated carbocycles. The summed E-state index contributed by atoms with van der Waals surface area (Å²) >= 11 is 1.47. The average Bonchev–Trinajstić information content (AvgIpc) is 3.13. The number of hydrogen-bond donors (Lipinski definition) is 0. The van der Waals surface area contributed by atoms with Crippen LogP contribution in [0.2, 0.25) is 0 Å². The first-order valence-electron chi connectivity index (χ1n) is 10.9. The van der Waals surface area contributed by atoms with Crippen molar-refractivity contribution in [1.29, 1.82) is 0 Å². The number of thioether (sulfide) groups is 1. The molecule has 2 heterocycles. The molecular formula is C25H26N2O5S. The summed E-state index contributed by atoms with van der Waals surface area (Å²) in [5.41, 5.74) is 3.68. The predicted molar refractivity (Wildman–Crippen MR) is 125 cm³/mol. The Bertz CT molecular complexity index is 1080. The van der Waals surface area contributed by atoms with Gasteiger partial charge in [-0.2, -0.15) is 0 Å². The van der Waals surface area contributed by atoms with Crippen molar-refractivity contribution in [1.82, 2.24) is 9.88 Å². The van der Waals surface area contributed by atoms with Gasteiger partial charge in [0, 0.05) is 18.3 Å². The lowest BCUT2D eigenvalue weighted by Crippen LogP contribution is -2.33. The summed E-state index contributed by atoms with van der Waals surface area (Å²) in [5, 5.41) is -0.159. The fraction of sp³-hybridized carbons (Fsp3) is 0.360. The number of aromatic nitrogens is 1. The first-order chi connectivity index (χ1) is 16.0. The summed E-state index contributed by atoms with van der Waals surface area (Å²) < 4.78 is 9.90. The van der Waals surface area contributed by atoms with E-state index < -0.39 is 5.97 Å². The summed E-state index contributed by atoms with van der Waals surface area (Å²) in [6.07, 6.45) is 5.12. The fourth-order valence-electron chi connectivity index (χ4n) is 4.21. The Balaban J connectivity index is 1.48. The first-order valence-corrected chi connectivity index (χ1v) is 11.9. The van der Waals surface area contributed by atoms with Gasteiger partial charge in [-0.15, -0.1) is 11.8 Å². The number of ether oxygens (including phenoxy) is 2. The Morgan fingerprint density at radius 3 is 2.52 bits per heavy atom. The molecule has 7 nitrogen and oxygen atoms in total. The van der Waals surface area contributed by atoms with Crippen LogP contribution >= 0.6 is 11.8 Å². The van der Waals surface area contributed by atoms with Crippen molar-refractivity contribution in [2.75, 3.05) is 20.0 Å². The molecule has 33 heavy (non-hydrogen) atoms. The number of benzene rings is 1. The minimum Gasteiger partial charge on any atom is -0.497 e. The van der Waals surface area contributed by atoms with E-state index in [2.05, 4.69) is 9.72 Å². The molecule has 1 aliphatic carbocycles. The highest BCUT2D eigenvalue weighted by Gasteiger charge is 2.40. The van der Waals surface area contributed by atoms with E-state index in [0.717, 1.165) is 48.1 Å². The van der Waals surface area contributed by atoms with Gasteiger partial charge < -0.3 is 14.4 Å². The molecule has 0 N–H and O–H groups in total. The van der Waals surface area contributed by atoms with E-state index in [1.807, 2.05) is 29.2 Å². The number of ketones is 1. The summed E-state index contributed by atoms with van der Waals surface area (Å²) in [4.78, 5) is 43.6. The van der Waals surface area contributed by atoms with Crippen LogP contribution in [0.25, 0.3) is 0 Å². The van der Waals surface area contributed by atoms with Crippen molar-refractivity contribution < 1.29 is 23.9 Å². The molecule has 4 rings (SSSR count). The Labute approximate surface area is 197 Å². The fourth-order valence-corrected chi connectivity index (χ4v) is 5.48. The Hall–Kier alpha value is -3.13. The highest BCUT2D eigenvalue weighted by Crippen LogP contribution is 2.42. The van der Waals surface area contributed by atoms with Crippen LogP contribution in [0.5, 0.6) is 5.75 Å². The summed E-state index contributed by atoms with van der Waals surface area (Å²) in [6.45, 7) is 0.480. The number of carbonyl (C=O) groups excluding carboxylic acids is 3. The maximum atomic E-state index is 13.2. The van der Waals surface area contributed by atoms with Crippen molar-refractivity contribution >= 4 is 29.4 Å². The largest absolute Gasteiger partial charge is 0.497 e. The molecule has 0 spiro atoms. The average molecular weight is 467 g/mol. The molecule has 1 aliphatic heterocycles. The first kappa shape index (κ1) is 23.0. The van der Waals surface area contributed by atoms with Crippen LogP contribution in [-0.2, 0) is 16.1 Å². The van der Waals surface area contributed by atoms with E-state index in [0.29, 0.717) is 17.8 Å². The molecule has 0 radical (unpaired) electrons. The van der Waals surface area contributed by atoms with Crippen molar-refractivity contribution in [2.24, 2.45) is 0 Å². The lowest BCUT2D eigenvalue weighted by molar-refractivity contribution is -0.126. The van der Waals surface area contributed by atoms with E-state index in [1.165, 1.54) is 37.2 Å². The van der Waals surface area contributed by atoms with Crippen LogP contribution in [0, 0.1) is 0 Å². The molecular weight excluding hydrogens is 440 g/mol. The molecule has 0 fully saturated rings. The quantitative estimate of drug-likeness (QED) is 0.429. The van der Waals surface area contributed by atoms with Crippen LogP contribution < -0.4 is 4.74 Å². The third kappa shape index (κ3) is 4.95. The maximum Gasteiger partial charge on any atom is 0.339 e. The van der Waals surface area contributed by atoms with Crippen LogP contribution in [0.15, 0.2) is 53.7 Å². The highest BCUT2D eigenvalue weighted by molar-refractivity contribution is 8.00. The van der Waals surface area contributed by atoms with Crippen molar-refractivity contribution in [3.63, 3.8) is 0 Å². The number of esters is 1. The molecule has 1 atom stereocenters. The Morgan fingerprint density at radius 2 is 1.85 bits per heavy atom. The van der Waals surface area contributed by atoms with Crippen LogP contribution in [0.4, 0.5) is 0 Å². The van der Waals surface area contributed by atoms with Gasteiger partial charge in [-0.25, -0.2) is 4.79 Å². The number of rotatable bonds is 8. The molecule has 0 bridgehead atoms. The van der Waals surface area contributed by atoms with E-state index >= 15 is 0 Å². The minimum absolute atomic E-state index is 0.0750. The summed E-state index contributed by atoms with van der Waals surface area (Å²) in [6, 6.07) is 10.8. The lowest BCUT2D eigenvalue weighted by Gasteiger charge is -2.27. The molecule has 2 aromatic rings. The van der Waals surface area contributed by atoms with Gasteiger partial charge in [0.2, 0.25) is 0 Å². The van der Waals surface area contributed by atoms with Crippen LogP contribution in [-0.4, -0.2) is 52.9 Å². The zero-order valence-corrected chi connectivity index (χ0v) is 19.5. The van der Waals surface area contributed by atoms with E-state index in [-0.39, 0.29) is 22.8 Å². The molecule has 1 unspecified atom stereocenters. The van der Waals surface area contributed by atoms with Crippen molar-refractivity contribution in [3.8, 4) is 5.75 Å². The molecule has 0 saturated heterocycles. The predicted octanol–water partition coefficient (Wildman–Crippen LogP) is 4.03. The topological polar surface area (TPSA) is 85.8 Å².